The van der Waals surface area contributed by atoms with E-state index in [9.17, 15) is 22.8 Å². The van der Waals surface area contributed by atoms with Gasteiger partial charge in [-0.2, -0.15) is 0 Å². The van der Waals surface area contributed by atoms with Gasteiger partial charge < -0.3 is 0 Å². The quantitative estimate of drug-likeness (QED) is 0.278. The number of para-hydroxylation sites is 1. The molecule has 3 aromatic carbocycles. The van der Waals surface area contributed by atoms with Crippen LogP contribution in [-0.4, -0.2) is 27.9 Å². The third-order valence-electron chi connectivity index (χ3n) is 4.68. The summed E-state index contributed by atoms with van der Waals surface area (Å²) in [6.45, 7) is 0. The number of fused-ring (bicyclic) bond motifs is 1. The topological polar surface area (TPSA) is 61.8 Å². The summed E-state index contributed by atoms with van der Waals surface area (Å²) in [4.78, 5) is 30.7. The van der Waals surface area contributed by atoms with Crippen LogP contribution in [0.4, 0.5) is 18.9 Å². The summed E-state index contributed by atoms with van der Waals surface area (Å²) in [5, 5.41) is 2.83. The van der Waals surface area contributed by atoms with Gasteiger partial charge >= 0.3 is 214 Å². The zero-order chi connectivity index (χ0) is 24.5. The van der Waals surface area contributed by atoms with Crippen LogP contribution < -0.4 is 29.9 Å². The van der Waals surface area contributed by atoms with Gasteiger partial charge in [0.25, 0.3) is 0 Å². The number of benzene rings is 3. The number of amides is 2. The van der Waals surface area contributed by atoms with E-state index in [0.29, 0.717) is 14.2 Å². The Morgan fingerprint density at radius 3 is 2.24 bits per heavy atom. The number of nitrogens with one attached hydrogen (secondary N) is 1. The van der Waals surface area contributed by atoms with Crippen LogP contribution in [0.1, 0.15) is 21.5 Å². The first-order chi connectivity index (χ1) is 16.1. The average molecular weight is 619 g/mol. The number of benzodiazepines with no additional fused rings is 1. The molecule has 0 aliphatic carbocycles. The number of anilines is 1. The van der Waals surface area contributed by atoms with E-state index in [4.69, 9.17) is 23.2 Å². The Bertz CT molecular complexity index is 1270. The first-order valence-electron chi connectivity index (χ1n) is 9.69. The molecule has 0 fully saturated rings. The predicted octanol–water partition coefficient (Wildman–Crippen LogP) is 2.46. The summed E-state index contributed by atoms with van der Waals surface area (Å²) in [5.74, 6) is -1.74. The second-order valence-electron chi connectivity index (χ2n) is 7.03. The molecule has 34 heavy (non-hydrogen) atoms. The van der Waals surface area contributed by atoms with Crippen LogP contribution in [0.5, 0.6) is 0 Å². The first-order valence-corrected chi connectivity index (χ1v) is 12.5. The Kier molecular flexibility index (Phi) is 7.15. The van der Waals surface area contributed by atoms with Crippen LogP contribution in [-0.2, 0) is 4.79 Å². The molecule has 176 valence electrons. The molecule has 0 bridgehead atoms. The fourth-order valence-corrected chi connectivity index (χ4v) is 5.58. The van der Waals surface area contributed by atoms with Crippen LogP contribution in [0.3, 0.4) is 0 Å². The van der Waals surface area contributed by atoms with E-state index in [-0.39, 0.29) is 27.0 Å². The number of hydrogen-bond acceptors (Lipinski definition) is 3. The molecule has 5 nitrogen and oxygen atoms in total. The zero-order valence-electron chi connectivity index (χ0n) is 17.0. The van der Waals surface area contributed by atoms with Crippen molar-refractivity contribution in [3.8, 4) is 0 Å². The third-order valence-corrected chi connectivity index (χ3v) is 7.14. The average Bonchev–Trinajstić information content (AvgIpc) is 2.89. The Morgan fingerprint density at radius 1 is 0.971 bits per heavy atom. The molecule has 0 radical (unpaired) electrons. The van der Waals surface area contributed by atoms with Gasteiger partial charge in [0.15, 0.2) is 0 Å². The van der Waals surface area contributed by atoms with E-state index in [1.54, 1.807) is 48.5 Å². The number of aliphatic imine (C=N–C) groups is 1. The Morgan fingerprint density at radius 2 is 1.59 bits per heavy atom. The minimum absolute atomic E-state index is 0.0422. The fraction of sp³-hybridized carbons (Fsp3) is 0.0870. The molecule has 0 saturated heterocycles. The number of carbonyl (C=O) groups excluding carboxylic acids is 2. The molecule has 1 atom stereocenters. The number of carbonyl (C=O) groups is 2. The fourth-order valence-electron chi connectivity index (χ4n) is 3.32. The molecular formula is C23H14Cl2F3IN3O2-. The molecule has 1 aliphatic rings. The van der Waals surface area contributed by atoms with Crippen molar-refractivity contribution in [2.75, 3.05) is 3.11 Å². The SMILES string of the molecule is O=C(N[C@@H]1N=C(c2ccccc2)c2ccccc2N([I-]C(F)(F)F)C1=O)c1cc(Cl)cc(Cl)c1. The van der Waals surface area contributed by atoms with Crippen LogP contribution in [0, 0.1) is 0 Å². The van der Waals surface area contributed by atoms with Crippen molar-refractivity contribution in [3.63, 3.8) is 0 Å². The van der Waals surface area contributed by atoms with Gasteiger partial charge in [-0.25, -0.2) is 0 Å². The Hall–Kier alpha value is -2.63. The van der Waals surface area contributed by atoms with Gasteiger partial charge in [-0.1, -0.05) is 0 Å². The second kappa shape index (κ2) is 9.93. The monoisotopic (exact) mass is 618 g/mol. The Labute approximate surface area is 213 Å². The van der Waals surface area contributed by atoms with Crippen LogP contribution in [0.2, 0.25) is 10.0 Å². The minimum atomic E-state index is -4.58. The molecule has 1 heterocycles. The van der Waals surface area contributed by atoms with Crippen molar-refractivity contribution in [3.05, 3.63) is 99.5 Å². The van der Waals surface area contributed by atoms with E-state index >= 15 is 0 Å². The van der Waals surface area contributed by atoms with Gasteiger partial charge in [0, 0.05) is 0 Å². The van der Waals surface area contributed by atoms with Crippen molar-refractivity contribution in [1.29, 1.82) is 0 Å². The van der Waals surface area contributed by atoms with E-state index in [1.165, 1.54) is 24.3 Å². The van der Waals surface area contributed by atoms with Crippen molar-refractivity contribution < 1.29 is 44.2 Å². The summed E-state index contributed by atoms with van der Waals surface area (Å²) < 4.78 is 36.6. The molecule has 4 rings (SSSR count). The summed E-state index contributed by atoms with van der Waals surface area (Å²) in [6.07, 6.45) is -1.60. The molecular weight excluding hydrogens is 605 g/mol. The predicted molar refractivity (Wildman–Crippen MR) is 120 cm³/mol. The molecule has 0 aromatic heterocycles. The summed E-state index contributed by atoms with van der Waals surface area (Å²) in [5.41, 5.74) is 1.35. The second-order valence-corrected chi connectivity index (χ2v) is 10.6. The van der Waals surface area contributed by atoms with Crippen molar-refractivity contribution in [1.82, 2.24) is 5.32 Å². The number of hydrogen-bond donors (Lipinski definition) is 1. The van der Waals surface area contributed by atoms with Gasteiger partial charge in [0.1, 0.15) is 0 Å². The molecule has 1 aliphatic heterocycles. The van der Waals surface area contributed by atoms with Crippen LogP contribution in [0.15, 0.2) is 77.8 Å². The number of nitrogens with zero attached hydrogens (tertiary/aromatic N) is 2. The third kappa shape index (κ3) is 5.53. The summed E-state index contributed by atoms with van der Waals surface area (Å²) in [7, 11) is 0. The van der Waals surface area contributed by atoms with E-state index in [0.717, 1.165) is 0 Å². The van der Waals surface area contributed by atoms with Crippen molar-refractivity contribution in [2.45, 2.75) is 10.3 Å². The van der Waals surface area contributed by atoms with Crippen LogP contribution in [0.25, 0.3) is 0 Å². The molecule has 1 N–H and O–H groups in total. The van der Waals surface area contributed by atoms with Gasteiger partial charge in [-0.3, -0.25) is 0 Å². The molecule has 3 aromatic rings. The first kappa shape index (κ1) is 24.5. The molecule has 2 amide bonds. The van der Waals surface area contributed by atoms with E-state index in [1.807, 2.05) is 0 Å². The number of halogens is 6. The summed E-state index contributed by atoms with van der Waals surface area (Å²) >= 11 is 9.15. The molecule has 0 saturated carbocycles. The van der Waals surface area contributed by atoms with E-state index < -0.39 is 43.6 Å². The van der Waals surface area contributed by atoms with Crippen molar-refractivity contribution in [2.24, 2.45) is 4.99 Å². The van der Waals surface area contributed by atoms with E-state index in [2.05, 4.69) is 10.3 Å². The molecule has 0 spiro atoms. The maximum atomic E-state index is 13.5. The van der Waals surface area contributed by atoms with Gasteiger partial charge in [0.05, 0.1) is 0 Å². The summed E-state index contributed by atoms with van der Waals surface area (Å²) in [6, 6.07) is 19.1. The molecule has 0 unspecified atom stereocenters. The van der Waals surface area contributed by atoms with Gasteiger partial charge in [-0.05, 0) is 0 Å². The normalized spacial score (nSPS) is 16.0. The van der Waals surface area contributed by atoms with Gasteiger partial charge in [-0.15, -0.1) is 0 Å². The van der Waals surface area contributed by atoms with Crippen molar-refractivity contribution >= 4 is 46.4 Å². The standard InChI is InChI=1S/C23H14Cl2F3IN3O2/c24-15-10-14(11-16(25)12-15)21(33)31-20-22(34)32(29-23(26,27)28)18-9-5-4-8-17(18)19(30-20)13-6-2-1-3-7-13/h1-12,20H,(H,31,33)/q-1/t20-/m0/s1. The van der Waals surface area contributed by atoms with Gasteiger partial charge in [0.2, 0.25) is 0 Å². The maximum absolute atomic E-state index is 13.5. The van der Waals surface area contributed by atoms with Crippen LogP contribution >= 0.6 is 23.2 Å². The Balaban J connectivity index is 1.83. The number of rotatable bonds is 4. The molecule has 11 heteroatoms. The zero-order valence-corrected chi connectivity index (χ0v) is 20.7. The number of alkyl halides is 4.